The van der Waals surface area contributed by atoms with E-state index < -0.39 is 14.8 Å². The van der Waals surface area contributed by atoms with Crippen molar-refractivity contribution >= 4 is 10.0 Å². The van der Waals surface area contributed by atoms with E-state index in [1.807, 2.05) is 19.1 Å². The smallest absolute Gasteiger partial charge is 0.214 e. The van der Waals surface area contributed by atoms with Crippen molar-refractivity contribution in [1.29, 1.82) is 0 Å². The number of hydrogen-bond acceptors (Lipinski definition) is 3. The van der Waals surface area contributed by atoms with Crippen LogP contribution in [0.5, 0.6) is 5.75 Å². The van der Waals surface area contributed by atoms with E-state index in [2.05, 4.69) is 12.1 Å². The molecule has 0 atom stereocenters. The minimum absolute atomic E-state index is 0.0540. The summed E-state index contributed by atoms with van der Waals surface area (Å²) in [7, 11) is -3.49. The summed E-state index contributed by atoms with van der Waals surface area (Å²) in [6.07, 6.45) is 5.73. The Morgan fingerprint density at radius 2 is 1.72 bits per heavy atom. The number of hydrogen-bond donors (Lipinski definition) is 1. The van der Waals surface area contributed by atoms with E-state index >= 15 is 0 Å². The van der Waals surface area contributed by atoms with Gasteiger partial charge in [-0.1, -0.05) is 19.1 Å². The summed E-state index contributed by atoms with van der Waals surface area (Å²) in [4.78, 5) is 0. The number of primary sulfonamides is 1. The predicted molar refractivity (Wildman–Crippen MR) is 96.6 cm³/mol. The van der Waals surface area contributed by atoms with E-state index in [1.165, 1.54) is 5.56 Å². The van der Waals surface area contributed by atoms with Crippen molar-refractivity contribution < 1.29 is 17.5 Å². The first-order valence-corrected chi connectivity index (χ1v) is 10.4. The van der Waals surface area contributed by atoms with Gasteiger partial charge in [-0.05, 0) is 73.6 Å². The van der Waals surface area contributed by atoms with Crippen LogP contribution in [0.15, 0.2) is 36.2 Å². The third-order valence-corrected chi connectivity index (χ3v) is 8.10. The number of ether oxygens (including phenoxy) is 1. The lowest BCUT2D eigenvalue weighted by Crippen LogP contribution is -2.54. The monoisotopic (exact) mass is 367 g/mol. The highest BCUT2D eigenvalue weighted by Crippen LogP contribution is 2.56. The first-order chi connectivity index (χ1) is 11.8. The Labute approximate surface area is 149 Å². The molecule has 1 aromatic carbocycles. The van der Waals surface area contributed by atoms with E-state index in [4.69, 9.17) is 9.88 Å². The second-order valence-corrected chi connectivity index (χ2v) is 9.40. The summed E-state index contributed by atoms with van der Waals surface area (Å²) in [5.41, 5.74) is 1.92. The van der Waals surface area contributed by atoms with Crippen molar-refractivity contribution in [2.75, 3.05) is 6.61 Å². The van der Waals surface area contributed by atoms with Crippen LogP contribution in [0.1, 0.15) is 57.4 Å². The molecule has 0 aliphatic heterocycles. The molecular weight excluding hydrogens is 341 g/mol. The standard InChI is InChI=1S/C19H26FNO3S/c1-2-15(13-20)14-24-17-5-3-16(4-6-17)18-7-10-19(11-8-18,12-9-18)25(21,22)23/h3-6,13H,2,7-12,14H2,1H3,(H2,21,22,23)/b15-13+. The third kappa shape index (κ3) is 3.34. The number of fused-ring (bicyclic) bond motifs is 3. The van der Waals surface area contributed by atoms with Gasteiger partial charge in [0.15, 0.2) is 0 Å². The molecule has 2 N–H and O–H groups in total. The van der Waals surface area contributed by atoms with Gasteiger partial charge in [-0.3, -0.25) is 0 Å². The maximum absolute atomic E-state index is 12.6. The first kappa shape index (κ1) is 18.4. The lowest BCUT2D eigenvalue weighted by Gasteiger charge is -2.52. The molecular formula is C19H26FNO3S. The molecule has 6 heteroatoms. The molecule has 4 nitrogen and oxygen atoms in total. The first-order valence-electron chi connectivity index (χ1n) is 8.88. The summed E-state index contributed by atoms with van der Waals surface area (Å²) >= 11 is 0. The summed E-state index contributed by atoms with van der Waals surface area (Å²) in [5, 5.41) is 5.49. The third-order valence-electron chi connectivity index (χ3n) is 6.28. The van der Waals surface area contributed by atoms with Gasteiger partial charge in [0.05, 0.1) is 11.1 Å². The largest absolute Gasteiger partial charge is 0.489 e. The van der Waals surface area contributed by atoms with Gasteiger partial charge in [-0.15, -0.1) is 0 Å². The van der Waals surface area contributed by atoms with E-state index in [9.17, 15) is 12.8 Å². The Bertz CT molecular complexity index is 731. The molecule has 0 heterocycles. The van der Waals surface area contributed by atoms with Crippen LogP contribution in [-0.2, 0) is 15.4 Å². The van der Waals surface area contributed by atoms with Crippen LogP contribution in [0.25, 0.3) is 0 Å². The molecule has 0 aromatic heterocycles. The quantitative estimate of drug-likeness (QED) is 0.827. The number of sulfonamides is 1. The Morgan fingerprint density at radius 3 is 2.16 bits per heavy atom. The fourth-order valence-electron chi connectivity index (χ4n) is 4.30. The zero-order valence-corrected chi connectivity index (χ0v) is 15.4. The van der Waals surface area contributed by atoms with Crippen molar-refractivity contribution in [2.45, 2.75) is 62.0 Å². The van der Waals surface area contributed by atoms with Crippen LogP contribution in [0.2, 0.25) is 0 Å². The molecule has 0 spiro atoms. The van der Waals surface area contributed by atoms with E-state index in [1.54, 1.807) is 0 Å². The van der Waals surface area contributed by atoms with Crippen molar-refractivity contribution in [2.24, 2.45) is 5.14 Å². The average Bonchev–Trinajstić information content (AvgIpc) is 2.64. The van der Waals surface area contributed by atoms with Gasteiger partial charge in [0.2, 0.25) is 10.0 Å². The minimum atomic E-state index is -3.49. The molecule has 0 saturated heterocycles. The molecule has 25 heavy (non-hydrogen) atoms. The van der Waals surface area contributed by atoms with Crippen LogP contribution in [0.4, 0.5) is 4.39 Å². The molecule has 0 unspecified atom stereocenters. The van der Waals surface area contributed by atoms with Crippen LogP contribution in [0.3, 0.4) is 0 Å². The molecule has 3 aliphatic rings. The van der Waals surface area contributed by atoms with Crippen molar-refractivity contribution in [1.82, 2.24) is 0 Å². The summed E-state index contributed by atoms with van der Waals surface area (Å²) in [6, 6.07) is 7.97. The molecule has 0 radical (unpaired) electrons. The van der Waals surface area contributed by atoms with Crippen molar-refractivity contribution in [3.8, 4) is 5.75 Å². The molecule has 4 rings (SSSR count). The highest BCUT2D eigenvalue weighted by molar-refractivity contribution is 7.90. The van der Waals surface area contributed by atoms with Gasteiger partial charge in [0.1, 0.15) is 12.4 Å². The molecule has 1 aromatic rings. The topological polar surface area (TPSA) is 69.4 Å². The Balaban J connectivity index is 1.70. The molecule has 2 bridgehead atoms. The van der Waals surface area contributed by atoms with Crippen LogP contribution in [-0.4, -0.2) is 19.8 Å². The predicted octanol–water partition coefficient (Wildman–Crippen LogP) is 3.96. The van der Waals surface area contributed by atoms with Crippen molar-refractivity contribution in [3.05, 3.63) is 41.7 Å². The number of benzene rings is 1. The zero-order chi connectivity index (χ0) is 18.1. The molecule has 3 aliphatic carbocycles. The fourth-order valence-corrected chi connectivity index (χ4v) is 5.46. The maximum atomic E-state index is 12.6. The van der Waals surface area contributed by atoms with Gasteiger partial charge < -0.3 is 4.74 Å². The number of halogens is 1. The highest BCUT2D eigenvalue weighted by atomic mass is 32.2. The average molecular weight is 367 g/mol. The Hall–Kier alpha value is -1.40. The van der Waals surface area contributed by atoms with E-state index in [0.29, 0.717) is 37.6 Å². The van der Waals surface area contributed by atoms with Gasteiger partial charge in [0, 0.05) is 0 Å². The zero-order valence-electron chi connectivity index (χ0n) is 14.6. The molecule has 3 saturated carbocycles. The van der Waals surface area contributed by atoms with Crippen LogP contribution < -0.4 is 9.88 Å². The Kier molecular flexibility index (Phi) is 4.95. The highest BCUT2D eigenvalue weighted by Gasteiger charge is 2.54. The van der Waals surface area contributed by atoms with Gasteiger partial charge in [-0.2, -0.15) is 0 Å². The van der Waals surface area contributed by atoms with E-state index in [0.717, 1.165) is 25.0 Å². The fraction of sp³-hybridized carbons (Fsp3) is 0.579. The number of rotatable bonds is 6. The van der Waals surface area contributed by atoms with Gasteiger partial charge in [0.25, 0.3) is 0 Å². The summed E-state index contributed by atoms with van der Waals surface area (Å²) < 4.78 is 41.4. The van der Waals surface area contributed by atoms with Gasteiger partial charge >= 0.3 is 0 Å². The van der Waals surface area contributed by atoms with Crippen LogP contribution >= 0.6 is 0 Å². The second kappa shape index (κ2) is 6.72. The summed E-state index contributed by atoms with van der Waals surface area (Å²) in [6.45, 7) is 2.15. The minimum Gasteiger partial charge on any atom is -0.489 e. The molecule has 138 valence electrons. The molecule has 3 fully saturated rings. The van der Waals surface area contributed by atoms with Crippen molar-refractivity contribution in [3.63, 3.8) is 0 Å². The summed E-state index contributed by atoms with van der Waals surface area (Å²) in [5.74, 6) is 0.721. The van der Waals surface area contributed by atoms with Crippen LogP contribution in [0, 0.1) is 0 Å². The molecule has 0 amide bonds. The number of nitrogens with two attached hydrogens (primary N) is 1. The Morgan fingerprint density at radius 1 is 1.16 bits per heavy atom. The lowest BCUT2D eigenvalue weighted by molar-refractivity contribution is 0.151. The lowest BCUT2D eigenvalue weighted by atomic mass is 9.57. The second-order valence-electron chi connectivity index (χ2n) is 7.44. The SMILES string of the molecule is CC/C(=C\F)COc1ccc(C23CCC(S(N)(=O)=O)(CC2)CC3)cc1. The van der Waals surface area contributed by atoms with Gasteiger partial charge in [-0.25, -0.2) is 17.9 Å². The van der Waals surface area contributed by atoms with E-state index in [-0.39, 0.29) is 12.0 Å². The maximum Gasteiger partial charge on any atom is 0.214 e. The normalized spacial score (nSPS) is 29.6.